The molecule has 1 N–H and O–H groups in total. The van der Waals surface area contributed by atoms with Gasteiger partial charge in [0.1, 0.15) is 17.2 Å². The second kappa shape index (κ2) is 10.9. The Bertz CT molecular complexity index is 952. The molecule has 0 aromatic heterocycles. The standard InChI is InChI=1S/C22H30N2O6S/c1-16(2)10-11-24(15-17-6-8-19(9-7-17)30-31(5,26)27)22(25)23-18-12-20(28-3)14-21(13-18)29-4/h6-9,12-14,16H,10-11,15H2,1-5H3,(H,23,25). The van der Waals surface area contributed by atoms with Crippen LogP contribution >= 0.6 is 0 Å². The first-order chi connectivity index (χ1) is 14.6. The van der Waals surface area contributed by atoms with Crippen LogP contribution < -0.4 is 19.0 Å². The second-order valence-electron chi connectivity index (χ2n) is 7.57. The van der Waals surface area contributed by atoms with Gasteiger partial charge in [-0.2, -0.15) is 8.42 Å². The summed E-state index contributed by atoms with van der Waals surface area (Å²) in [6.45, 7) is 5.12. The van der Waals surface area contributed by atoms with Gasteiger partial charge in [-0.05, 0) is 30.0 Å². The van der Waals surface area contributed by atoms with Gasteiger partial charge in [0.15, 0.2) is 0 Å². The summed E-state index contributed by atoms with van der Waals surface area (Å²) in [6.07, 6.45) is 1.83. The van der Waals surface area contributed by atoms with E-state index in [1.165, 1.54) is 0 Å². The molecule has 9 heteroatoms. The van der Waals surface area contributed by atoms with E-state index in [-0.39, 0.29) is 11.8 Å². The predicted octanol–water partition coefficient (Wildman–Crippen LogP) is 4.12. The third kappa shape index (κ3) is 8.37. The molecule has 0 spiro atoms. The van der Waals surface area contributed by atoms with Crippen molar-refractivity contribution in [3.05, 3.63) is 48.0 Å². The van der Waals surface area contributed by atoms with Crippen LogP contribution in [0.2, 0.25) is 0 Å². The molecule has 8 nitrogen and oxygen atoms in total. The maximum Gasteiger partial charge on any atom is 0.322 e. The topological polar surface area (TPSA) is 94.2 Å². The molecule has 0 unspecified atom stereocenters. The van der Waals surface area contributed by atoms with E-state index >= 15 is 0 Å². The van der Waals surface area contributed by atoms with Gasteiger partial charge in [0, 0.05) is 37.0 Å². The monoisotopic (exact) mass is 450 g/mol. The van der Waals surface area contributed by atoms with E-state index in [9.17, 15) is 13.2 Å². The van der Waals surface area contributed by atoms with Crippen molar-refractivity contribution >= 4 is 21.8 Å². The summed E-state index contributed by atoms with van der Waals surface area (Å²) in [5.41, 5.74) is 1.41. The van der Waals surface area contributed by atoms with Crippen molar-refractivity contribution in [3.63, 3.8) is 0 Å². The molecule has 0 saturated heterocycles. The third-order valence-corrected chi connectivity index (χ3v) is 4.91. The first-order valence-corrected chi connectivity index (χ1v) is 11.7. The summed E-state index contributed by atoms with van der Waals surface area (Å²) < 4.78 is 37.9. The van der Waals surface area contributed by atoms with Crippen LogP contribution in [0, 0.1) is 5.92 Å². The fourth-order valence-corrected chi connectivity index (χ4v) is 3.25. The molecule has 0 aliphatic rings. The molecule has 0 radical (unpaired) electrons. The lowest BCUT2D eigenvalue weighted by Gasteiger charge is -2.24. The Hall–Kier alpha value is -2.94. The number of benzene rings is 2. The molecule has 0 aliphatic heterocycles. The Morgan fingerprint density at radius 3 is 2.06 bits per heavy atom. The fourth-order valence-electron chi connectivity index (χ4n) is 2.79. The molecule has 0 atom stereocenters. The van der Waals surface area contributed by atoms with E-state index in [1.807, 2.05) is 0 Å². The van der Waals surface area contributed by atoms with E-state index in [0.717, 1.165) is 18.2 Å². The average Bonchev–Trinajstić information content (AvgIpc) is 2.70. The number of rotatable bonds is 10. The number of hydrogen-bond donors (Lipinski definition) is 1. The lowest BCUT2D eigenvalue weighted by Crippen LogP contribution is -2.35. The number of nitrogens with zero attached hydrogens (tertiary/aromatic N) is 1. The molecule has 2 aromatic rings. The van der Waals surface area contributed by atoms with Crippen LogP contribution in [0.15, 0.2) is 42.5 Å². The number of methoxy groups -OCH3 is 2. The molecule has 31 heavy (non-hydrogen) atoms. The fraction of sp³-hybridized carbons (Fsp3) is 0.409. The Kier molecular flexibility index (Phi) is 8.56. The minimum atomic E-state index is -3.59. The SMILES string of the molecule is COc1cc(NC(=O)N(CCC(C)C)Cc2ccc(OS(C)(=O)=O)cc2)cc(OC)c1. The molecule has 2 amide bonds. The number of amides is 2. The molecule has 170 valence electrons. The van der Waals surface area contributed by atoms with Crippen LogP contribution in [-0.4, -0.2) is 46.4 Å². The van der Waals surface area contributed by atoms with Crippen LogP contribution in [0.25, 0.3) is 0 Å². The highest BCUT2D eigenvalue weighted by atomic mass is 32.2. The van der Waals surface area contributed by atoms with Crippen molar-refractivity contribution in [1.82, 2.24) is 4.90 Å². The van der Waals surface area contributed by atoms with Crippen molar-refractivity contribution in [2.75, 3.05) is 32.3 Å². The Balaban J connectivity index is 2.16. The van der Waals surface area contributed by atoms with Crippen LogP contribution in [0.5, 0.6) is 17.2 Å². The highest BCUT2D eigenvalue weighted by Crippen LogP contribution is 2.26. The number of carbonyl (C=O) groups is 1. The Morgan fingerprint density at radius 1 is 1.00 bits per heavy atom. The van der Waals surface area contributed by atoms with E-state index < -0.39 is 10.1 Å². The van der Waals surface area contributed by atoms with Gasteiger partial charge in [-0.15, -0.1) is 0 Å². The summed E-state index contributed by atoms with van der Waals surface area (Å²) in [4.78, 5) is 14.7. The van der Waals surface area contributed by atoms with Crippen molar-refractivity contribution < 1.29 is 26.9 Å². The summed E-state index contributed by atoms with van der Waals surface area (Å²) >= 11 is 0. The number of anilines is 1. The number of ether oxygens (including phenoxy) is 2. The minimum Gasteiger partial charge on any atom is -0.497 e. The lowest BCUT2D eigenvalue weighted by molar-refractivity contribution is 0.205. The molecular weight excluding hydrogens is 420 g/mol. The quantitative estimate of drug-likeness (QED) is 0.547. The van der Waals surface area contributed by atoms with E-state index in [4.69, 9.17) is 13.7 Å². The van der Waals surface area contributed by atoms with E-state index in [0.29, 0.717) is 36.2 Å². The van der Waals surface area contributed by atoms with Crippen LogP contribution in [-0.2, 0) is 16.7 Å². The summed E-state index contributed by atoms with van der Waals surface area (Å²) in [5.74, 6) is 1.81. The van der Waals surface area contributed by atoms with E-state index in [1.54, 1.807) is 61.6 Å². The summed E-state index contributed by atoms with van der Waals surface area (Å²) in [6, 6.07) is 11.5. The summed E-state index contributed by atoms with van der Waals surface area (Å²) in [7, 11) is -0.490. The minimum absolute atomic E-state index is 0.230. The number of hydrogen-bond acceptors (Lipinski definition) is 6. The first kappa shape index (κ1) is 24.3. The molecule has 2 rings (SSSR count). The van der Waals surface area contributed by atoms with E-state index in [2.05, 4.69) is 19.2 Å². The number of urea groups is 1. The van der Waals surface area contributed by atoms with Gasteiger partial charge in [-0.25, -0.2) is 4.79 Å². The van der Waals surface area contributed by atoms with Crippen molar-refractivity contribution in [2.24, 2.45) is 5.92 Å². The van der Waals surface area contributed by atoms with Crippen LogP contribution in [0.4, 0.5) is 10.5 Å². The van der Waals surface area contributed by atoms with Crippen LogP contribution in [0.1, 0.15) is 25.8 Å². The maximum atomic E-state index is 13.0. The average molecular weight is 451 g/mol. The van der Waals surface area contributed by atoms with Gasteiger partial charge in [-0.3, -0.25) is 0 Å². The van der Waals surface area contributed by atoms with Gasteiger partial charge in [0.25, 0.3) is 0 Å². The van der Waals surface area contributed by atoms with Gasteiger partial charge >= 0.3 is 16.1 Å². The first-order valence-electron chi connectivity index (χ1n) is 9.87. The zero-order chi connectivity index (χ0) is 23.0. The third-order valence-electron chi connectivity index (χ3n) is 4.41. The normalized spacial score (nSPS) is 11.2. The summed E-state index contributed by atoms with van der Waals surface area (Å²) in [5, 5.41) is 2.90. The van der Waals surface area contributed by atoms with Gasteiger partial charge in [-0.1, -0.05) is 26.0 Å². The molecule has 0 heterocycles. The molecule has 0 bridgehead atoms. The molecule has 0 fully saturated rings. The van der Waals surface area contributed by atoms with Gasteiger partial charge in [0.05, 0.1) is 20.5 Å². The Morgan fingerprint density at radius 2 is 1.58 bits per heavy atom. The maximum absolute atomic E-state index is 13.0. The largest absolute Gasteiger partial charge is 0.497 e. The smallest absolute Gasteiger partial charge is 0.322 e. The van der Waals surface area contributed by atoms with Gasteiger partial charge in [0.2, 0.25) is 0 Å². The highest BCUT2D eigenvalue weighted by Gasteiger charge is 2.16. The van der Waals surface area contributed by atoms with Crippen molar-refractivity contribution in [2.45, 2.75) is 26.8 Å². The Labute approximate surface area is 184 Å². The second-order valence-corrected chi connectivity index (χ2v) is 9.14. The lowest BCUT2D eigenvalue weighted by atomic mass is 10.1. The van der Waals surface area contributed by atoms with Crippen molar-refractivity contribution in [3.8, 4) is 17.2 Å². The van der Waals surface area contributed by atoms with Crippen molar-refractivity contribution in [1.29, 1.82) is 0 Å². The van der Waals surface area contributed by atoms with Crippen LogP contribution in [0.3, 0.4) is 0 Å². The zero-order valence-corrected chi connectivity index (χ0v) is 19.4. The van der Waals surface area contributed by atoms with Gasteiger partial charge < -0.3 is 23.9 Å². The zero-order valence-electron chi connectivity index (χ0n) is 18.5. The highest BCUT2D eigenvalue weighted by molar-refractivity contribution is 7.86. The molecule has 0 saturated carbocycles. The number of nitrogens with one attached hydrogen (secondary N) is 1. The molecule has 2 aromatic carbocycles. The molecule has 0 aliphatic carbocycles. The number of carbonyl (C=O) groups excluding carboxylic acids is 1. The molecular formula is C22H30N2O6S. The predicted molar refractivity (Wildman–Crippen MR) is 120 cm³/mol.